The van der Waals surface area contributed by atoms with Crippen molar-refractivity contribution in [3.63, 3.8) is 0 Å². The van der Waals surface area contributed by atoms with E-state index < -0.39 is 0 Å². The Labute approximate surface area is 333 Å². The predicted molar refractivity (Wildman–Crippen MR) is 241 cm³/mol. The van der Waals surface area contributed by atoms with Crippen molar-refractivity contribution < 1.29 is 0 Å². The van der Waals surface area contributed by atoms with Crippen LogP contribution in [0.4, 0.5) is 0 Å². The number of benzene rings is 9. The van der Waals surface area contributed by atoms with Crippen LogP contribution in [0.2, 0.25) is 0 Å². The number of hydrogen-bond acceptors (Lipinski definition) is 2. The maximum Gasteiger partial charge on any atom is 0.160 e. The van der Waals surface area contributed by atoms with Crippen molar-refractivity contribution in [3.8, 4) is 56.3 Å². The summed E-state index contributed by atoms with van der Waals surface area (Å²) in [4.78, 5) is 10.4. The topological polar surface area (TPSA) is 35.6 Å². The van der Waals surface area contributed by atoms with Gasteiger partial charge in [-0.05, 0) is 99.8 Å². The van der Waals surface area contributed by atoms with Gasteiger partial charge in [0.2, 0.25) is 0 Å². The minimum absolute atomic E-state index is 0.736. The molecule has 3 aromatic heterocycles. The fourth-order valence-electron chi connectivity index (χ4n) is 9.70. The van der Waals surface area contributed by atoms with E-state index in [1.165, 1.54) is 82.4 Å². The van der Waals surface area contributed by atoms with E-state index in [1.54, 1.807) is 0 Å². The summed E-state index contributed by atoms with van der Waals surface area (Å²) in [5.41, 5.74) is 16.0. The minimum Gasteiger partial charge on any atom is -0.309 e. The van der Waals surface area contributed by atoms with Gasteiger partial charge in [-0.2, -0.15) is 0 Å². The normalized spacial score (nSPS) is 12.1. The zero-order valence-corrected chi connectivity index (χ0v) is 31.3. The average Bonchev–Trinajstić information content (AvgIpc) is 3.93. The van der Waals surface area contributed by atoms with Crippen molar-refractivity contribution in [1.82, 2.24) is 19.1 Å². The van der Waals surface area contributed by atoms with Crippen molar-refractivity contribution in [3.05, 3.63) is 194 Å². The maximum atomic E-state index is 5.22. The van der Waals surface area contributed by atoms with Crippen molar-refractivity contribution in [1.29, 1.82) is 0 Å². The van der Waals surface area contributed by atoms with Crippen LogP contribution in [0.25, 0.3) is 122 Å². The quantitative estimate of drug-likeness (QED) is 0.180. The Balaban J connectivity index is 0.940. The van der Waals surface area contributed by atoms with Crippen molar-refractivity contribution in [2.45, 2.75) is 0 Å². The Morgan fingerprint density at radius 2 is 0.983 bits per heavy atom. The highest BCUT2D eigenvalue weighted by Crippen LogP contribution is 2.46. The van der Waals surface area contributed by atoms with Crippen LogP contribution in [-0.4, -0.2) is 19.1 Å². The van der Waals surface area contributed by atoms with Gasteiger partial charge in [0.1, 0.15) is 0 Å². The number of hydrogen-bond donors (Lipinski definition) is 0. The molecule has 0 bridgehead atoms. The Bertz CT molecular complexity index is 3680. The van der Waals surface area contributed by atoms with Gasteiger partial charge in [0.25, 0.3) is 0 Å². The molecule has 0 aliphatic heterocycles. The van der Waals surface area contributed by atoms with Gasteiger partial charge >= 0.3 is 0 Å². The molecule has 0 radical (unpaired) electrons. The van der Waals surface area contributed by atoms with Gasteiger partial charge in [-0.3, -0.25) is 0 Å². The molecule has 1 aliphatic rings. The van der Waals surface area contributed by atoms with Crippen LogP contribution in [-0.2, 0) is 0 Å². The summed E-state index contributed by atoms with van der Waals surface area (Å²) in [6, 6.07) is 70.2. The SMILES string of the molecule is c1ccc(-n2c3ccccc3c3c4ccc(-c5ccc6c(c5)c5ccccc5n6-c5cccc(-c6nc7c8c(cccc8n6)-c6ccccc6-7)c5)cc4ccc32)cc1. The smallest absolute Gasteiger partial charge is 0.160 e. The van der Waals surface area contributed by atoms with E-state index >= 15 is 0 Å². The third kappa shape index (κ3) is 4.40. The number of rotatable bonds is 4. The van der Waals surface area contributed by atoms with E-state index in [9.17, 15) is 0 Å². The molecule has 12 aromatic rings. The minimum atomic E-state index is 0.736. The van der Waals surface area contributed by atoms with E-state index in [0.717, 1.165) is 39.2 Å². The molecule has 3 heterocycles. The van der Waals surface area contributed by atoms with Crippen LogP contribution in [0, 0.1) is 0 Å². The lowest BCUT2D eigenvalue weighted by Gasteiger charge is -2.11. The lowest BCUT2D eigenvalue weighted by molar-refractivity contribution is 1.17. The van der Waals surface area contributed by atoms with Gasteiger partial charge in [-0.15, -0.1) is 0 Å². The Morgan fingerprint density at radius 1 is 0.328 bits per heavy atom. The molecule has 0 saturated heterocycles. The monoisotopic (exact) mass is 736 g/mol. The number of para-hydroxylation sites is 3. The summed E-state index contributed by atoms with van der Waals surface area (Å²) in [5.74, 6) is 0.736. The highest BCUT2D eigenvalue weighted by molar-refractivity contribution is 6.22. The van der Waals surface area contributed by atoms with Crippen molar-refractivity contribution >= 4 is 65.3 Å². The number of fused-ring (bicyclic) bond motifs is 11. The van der Waals surface area contributed by atoms with E-state index in [2.05, 4.69) is 203 Å². The molecule has 4 heteroatoms. The molecule has 0 spiro atoms. The molecule has 0 N–H and O–H groups in total. The Kier molecular flexibility index (Phi) is 6.41. The standard InChI is InChI=1S/C54H32N4/c1-2-13-37(14-3-1)57-48-23-9-7-19-44(48)51-39-27-24-33(30-35(39)26-29-50(51)57)34-25-28-49-45(32-34)41-17-6-8-22-47(41)58(49)38-15-10-12-36(31-38)54-55-46-21-11-20-42-40-16-4-5-18-43(40)53(56-54)52(42)46/h1-32H. The lowest BCUT2D eigenvalue weighted by Crippen LogP contribution is -1.97. The molecule has 4 nitrogen and oxygen atoms in total. The third-order valence-corrected chi connectivity index (χ3v) is 12.2. The van der Waals surface area contributed by atoms with Gasteiger partial charge in [0, 0.05) is 49.4 Å². The maximum absolute atomic E-state index is 5.22. The Hall–Kier alpha value is -7.82. The molecular formula is C54H32N4. The first-order chi connectivity index (χ1) is 28.8. The summed E-state index contributed by atoms with van der Waals surface area (Å²) in [6.07, 6.45) is 0. The first-order valence-corrected chi connectivity index (χ1v) is 19.8. The van der Waals surface area contributed by atoms with Crippen LogP contribution in [0.1, 0.15) is 0 Å². The summed E-state index contributed by atoms with van der Waals surface area (Å²) in [6.45, 7) is 0. The van der Waals surface area contributed by atoms with Crippen LogP contribution in [0.15, 0.2) is 194 Å². The summed E-state index contributed by atoms with van der Waals surface area (Å²) >= 11 is 0. The van der Waals surface area contributed by atoms with Crippen LogP contribution < -0.4 is 0 Å². The fourth-order valence-corrected chi connectivity index (χ4v) is 9.70. The van der Waals surface area contributed by atoms with Gasteiger partial charge < -0.3 is 9.13 Å². The second-order valence-corrected chi connectivity index (χ2v) is 15.4. The molecular weight excluding hydrogens is 705 g/mol. The molecule has 58 heavy (non-hydrogen) atoms. The number of nitrogens with zero attached hydrogens (tertiary/aromatic N) is 4. The highest BCUT2D eigenvalue weighted by atomic mass is 15.0. The van der Waals surface area contributed by atoms with Crippen LogP contribution in [0.3, 0.4) is 0 Å². The van der Waals surface area contributed by atoms with E-state index in [-0.39, 0.29) is 0 Å². The largest absolute Gasteiger partial charge is 0.309 e. The Morgan fingerprint density at radius 3 is 1.88 bits per heavy atom. The van der Waals surface area contributed by atoms with Gasteiger partial charge in [-0.25, -0.2) is 9.97 Å². The first-order valence-electron chi connectivity index (χ1n) is 19.8. The second kappa shape index (κ2) is 11.8. The van der Waals surface area contributed by atoms with Gasteiger partial charge in [0.05, 0.1) is 33.3 Å². The van der Waals surface area contributed by atoms with E-state index in [1.807, 2.05) is 0 Å². The van der Waals surface area contributed by atoms with E-state index in [4.69, 9.17) is 9.97 Å². The zero-order chi connectivity index (χ0) is 37.9. The molecule has 0 atom stereocenters. The predicted octanol–water partition coefficient (Wildman–Crippen LogP) is 14.0. The third-order valence-electron chi connectivity index (χ3n) is 12.2. The molecule has 268 valence electrons. The number of aromatic nitrogens is 4. The van der Waals surface area contributed by atoms with Crippen molar-refractivity contribution in [2.24, 2.45) is 0 Å². The average molecular weight is 737 g/mol. The van der Waals surface area contributed by atoms with Gasteiger partial charge in [0.15, 0.2) is 5.82 Å². The van der Waals surface area contributed by atoms with Crippen LogP contribution >= 0.6 is 0 Å². The van der Waals surface area contributed by atoms with Gasteiger partial charge in [-0.1, -0.05) is 127 Å². The van der Waals surface area contributed by atoms with E-state index in [0.29, 0.717) is 0 Å². The molecule has 0 unspecified atom stereocenters. The van der Waals surface area contributed by atoms with Crippen LogP contribution in [0.5, 0.6) is 0 Å². The molecule has 1 aliphatic carbocycles. The van der Waals surface area contributed by atoms with Crippen molar-refractivity contribution in [2.75, 3.05) is 0 Å². The highest BCUT2D eigenvalue weighted by Gasteiger charge is 2.24. The summed E-state index contributed by atoms with van der Waals surface area (Å²) in [5, 5.41) is 8.63. The summed E-state index contributed by atoms with van der Waals surface area (Å²) < 4.78 is 4.76. The molecule has 0 amide bonds. The first kappa shape index (κ1) is 31.4. The zero-order valence-electron chi connectivity index (χ0n) is 31.3. The molecule has 13 rings (SSSR count). The molecule has 0 fully saturated rings. The lowest BCUT2D eigenvalue weighted by atomic mass is 9.97. The second-order valence-electron chi connectivity index (χ2n) is 15.4. The fraction of sp³-hybridized carbons (Fsp3) is 0. The summed E-state index contributed by atoms with van der Waals surface area (Å²) in [7, 11) is 0. The molecule has 0 saturated carbocycles. The molecule has 9 aromatic carbocycles.